The molecule has 2 amide bonds. The summed E-state index contributed by atoms with van der Waals surface area (Å²) in [5, 5.41) is 14.7. The third kappa shape index (κ3) is 2.86. The standard InChI is InChI=1S/C18H21F3N2O3/c1-10(2)12(11-6-4-3-5-7-11)13-14(24)23-16(15(25)22-13)8-17(26,9-16)18(19,20)21/h3-7,10,12-13,26H,8-9H2,1-2H3,(H,22,25)(H,23,24). The van der Waals surface area contributed by atoms with Gasteiger partial charge in [-0.3, -0.25) is 9.59 Å². The monoisotopic (exact) mass is 370 g/mol. The van der Waals surface area contributed by atoms with Gasteiger partial charge >= 0.3 is 6.18 Å². The molecule has 3 N–H and O–H groups in total. The molecule has 8 heteroatoms. The van der Waals surface area contributed by atoms with Gasteiger partial charge in [-0.1, -0.05) is 44.2 Å². The molecular formula is C18H21F3N2O3. The van der Waals surface area contributed by atoms with E-state index in [9.17, 15) is 27.9 Å². The Morgan fingerprint density at radius 1 is 1.15 bits per heavy atom. The smallest absolute Gasteiger partial charge is 0.380 e. The first-order valence-corrected chi connectivity index (χ1v) is 8.46. The zero-order valence-corrected chi connectivity index (χ0v) is 14.4. The van der Waals surface area contributed by atoms with Crippen LogP contribution >= 0.6 is 0 Å². The molecular weight excluding hydrogens is 349 g/mol. The van der Waals surface area contributed by atoms with Gasteiger partial charge in [0.15, 0.2) is 5.60 Å². The van der Waals surface area contributed by atoms with E-state index in [1.807, 2.05) is 44.2 Å². The molecule has 1 aliphatic heterocycles. The highest BCUT2D eigenvalue weighted by Gasteiger charge is 2.71. The first-order valence-electron chi connectivity index (χ1n) is 8.46. The Morgan fingerprint density at radius 3 is 2.23 bits per heavy atom. The van der Waals surface area contributed by atoms with E-state index in [0.29, 0.717) is 0 Å². The average Bonchev–Trinajstić information content (AvgIpc) is 2.50. The number of halogens is 3. The summed E-state index contributed by atoms with van der Waals surface area (Å²) < 4.78 is 38.7. The predicted octanol–water partition coefficient (Wildman–Crippen LogP) is 1.87. The zero-order chi connectivity index (χ0) is 19.3. The minimum atomic E-state index is -4.84. The van der Waals surface area contributed by atoms with E-state index in [4.69, 9.17) is 0 Å². The van der Waals surface area contributed by atoms with E-state index in [-0.39, 0.29) is 11.8 Å². The van der Waals surface area contributed by atoms with Gasteiger partial charge in [-0.05, 0) is 11.5 Å². The van der Waals surface area contributed by atoms with Crippen LogP contribution in [0, 0.1) is 5.92 Å². The third-order valence-corrected chi connectivity index (χ3v) is 5.34. The van der Waals surface area contributed by atoms with Gasteiger partial charge < -0.3 is 15.7 Å². The molecule has 2 aliphatic rings. The van der Waals surface area contributed by atoms with Gasteiger partial charge in [-0.2, -0.15) is 13.2 Å². The van der Waals surface area contributed by atoms with Crippen molar-refractivity contribution in [3.8, 4) is 0 Å². The van der Waals surface area contributed by atoms with Crippen LogP contribution in [0.25, 0.3) is 0 Å². The molecule has 3 rings (SSSR count). The van der Waals surface area contributed by atoms with Gasteiger partial charge in [0.05, 0.1) is 0 Å². The number of carbonyl (C=O) groups excluding carboxylic acids is 2. The highest BCUT2D eigenvalue weighted by molar-refractivity contribution is 6.01. The Kier molecular flexibility index (Phi) is 4.29. The maximum Gasteiger partial charge on any atom is 0.417 e. The lowest BCUT2D eigenvalue weighted by atomic mass is 9.62. The van der Waals surface area contributed by atoms with E-state index >= 15 is 0 Å². The fourth-order valence-corrected chi connectivity index (χ4v) is 4.00. The summed E-state index contributed by atoms with van der Waals surface area (Å²) in [6.07, 6.45) is -6.58. The lowest BCUT2D eigenvalue weighted by Gasteiger charge is -2.55. The van der Waals surface area contributed by atoms with Crippen molar-refractivity contribution in [2.24, 2.45) is 5.92 Å². The summed E-state index contributed by atoms with van der Waals surface area (Å²) in [4.78, 5) is 25.2. The van der Waals surface area contributed by atoms with Crippen LogP contribution in [0.2, 0.25) is 0 Å². The fraction of sp³-hybridized carbons (Fsp3) is 0.556. The van der Waals surface area contributed by atoms with Crippen molar-refractivity contribution >= 4 is 11.8 Å². The lowest BCUT2D eigenvalue weighted by molar-refractivity contribution is -0.302. The molecule has 1 aromatic rings. The number of rotatable bonds is 3. The largest absolute Gasteiger partial charge is 0.417 e. The second-order valence-corrected chi connectivity index (χ2v) is 7.59. The predicted molar refractivity (Wildman–Crippen MR) is 87.1 cm³/mol. The van der Waals surface area contributed by atoms with E-state index in [2.05, 4.69) is 10.6 Å². The van der Waals surface area contributed by atoms with Crippen LogP contribution in [-0.2, 0) is 9.59 Å². The van der Waals surface area contributed by atoms with Crippen LogP contribution in [0.4, 0.5) is 13.2 Å². The van der Waals surface area contributed by atoms with Gasteiger partial charge in [0.1, 0.15) is 11.6 Å². The highest BCUT2D eigenvalue weighted by Crippen LogP contribution is 2.51. The molecule has 26 heavy (non-hydrogen) atoms. The summed E-state index contributed by atoms with van der Waals surface area (Å²) in [6.45, 7) is 3.82. The Morgan fingerprint density at radius 2 is 1.73 bits per heavy atom. The minimum absolute atomic E-state index is 0.0102. The molecule has 0 radical (unpaired) electrons. The number of carbonyl (C=O) groups is 2. The summed E-state index contributed by atoms with van der Waals surface area (Å²) in [5.41, 5.74) is -3.78. The van der Waals surface area contributed by atoms with Gasteiger partial charge in [0, 0.05) is 18.8 Å². The molecule has 1 aromatic carbocycles. The third-order valence-electron chi connectivity index (χ3n) is 5.34. The number of benzene rings is 1. The van der Waals surface area contributed by atoms with Crippen molar-refractivity contribution in [1.82, 2.24) is 10.6 Å². The van der Waals surface area contributed by atoms with Gasteiger partial charge in [-0.25, -0.2) is 0 Å². The van der Waals surface area contributed by atoms with Gasteiger partial charge in [-0.15, -0.1) is 0 Å². The molecule has 2 unspecified atom stereocenters. The van der Waals surface area contributed by atoms with Crippen LogP contribution in [0.1, 0.15) is 38.2 Å². The molecule has 1 spiro atoms. The maximum absolute atomic E-state index is 12.9. The van der Waals surface area contributed by atoms with Crippen molar-refractivity contribution in [3.63, 3.8) is 0 Å². The second-order valence-electron chi connectivity index (χ2n) is 7.59. The number of alkyl halides is 3. The molecule has 1 heterocycles. The van der Waals surface area contributed by atoms with E-state index in [1.165, 1.54) is 0 Å². The molecule has 2 atom stereocenters. The highest BCUT2D eigenvalue weighted by atomic mass is 19.4. The number of aliphatic hydroxyl groups is 1. The van der Waals surface area contributed by atoms with Gasteiger partial charge in [0.2, 0.25) is 11.8 Å². The van der Waals surface area contributed by atoms with Gasteiger partial charge in [0.25, 0.3) is 0 Å². The Labute approximate surface area is 149 Å². The first kappa shape index (κ1) is 18.7. The molecule has 2 fully saturated rings. The SMILES string of the molecule is CC(C)C(c1ccccc1)C1NC(=O)C2(CC(O)(C(F)(F)F)C2)NC1=O. The molecule has 1 saturated carbocycles. The number of nitrogens with one attached hydrogen (secondary N) is 2. The van der Waals surface area contributed by atoms with Crippen molar-refractivity contribution in [2.75, 3.05) is 0 Å². The molecule has 1 saturated heterocycles. The van der Waals surface area contributed by atoms with Crippen LogP contribution < -0.4 is 10.6 Å². The molecule has 142 valence electrons. The molecule has 0 bridgehead atoms. The van der Waals surface area contributed by atoms with Crippen LogP contribution in [-0.4, -0.2) is 40.3 Å². The van der Waals surface area contributed by atoms with E-state index < -0.39 is 48.0 Å². The fourth-order valence-electron chi connectivity index (χ4n) is 4.00. The van der Waals surface area contributed by atoms with Crippen LogP contribution in [0.15, 0.2) is 30.3 Å². The summed E-state index contributed by atoms with van der Waals surface area (Å²) in [7, 11) is 0. The topological polar surface area (TPSA) is 78.4 Å². The number of hydrogen-bond acceptors (Lipinski definition) is 3. The Bertz CT molecular complexity index is 712. The van der Waals surface area contributed by atoms with Crippen molar-refractivity contribution in [3.05, 3.63) is 35.9 Å². The van der Waals surface area contributed by atoms with E-state index in [1.54, 1.807) is 0 Å². The second kappa shape index (κ2) is 5.97. The number of piperazine rings is 1. The molecule has 5 nitrogen and oxygen atoms in total. The minimum Gasteiger partial charge on any atom is -0.380 e. The number of amides is 2. The summed E-state index contributed by atoms with van der Waals surface area (Å²) in [5.74, 6) is -1.52. The first-order chi connectivity index (χ1) is 12.0. The summed E-state index contributed by atoms with van der Waals surface area (Å²) >= 11 is 0. The van der Waals surface area contributed by atoms with Crippen molar-refractivity contribution in [1.29, 1.82) is 0 Å². The van der Waals surface area contributed by atoms with E-state index in [0.717, 1.165) is 5.56 Å². The Hall–Kier alpha value is -2.09. The van der Waals surface area contributed by atoms with Crippen LogP contribution in [0.5, 0.6) is 0 Å². The van der Waals surface area contributed by atoms with Crippen LogP contribution in [0.3, 0.4) is 0 Å². The average molecular weight is 370 g/mol. The Balaban J connectivity index is 1.81. The lowest BCUT2D eigenvalue weighted by Crippen LogP contribution is -2.80. The van der Waals surface area contributed by atoms with Crippen molar-refractivity contribution in [2.45, 2.75) is 56.0 Å². The quantitative estimate of drug-likeness (QED) is 0.760. The summed E-state index contributed by atoms with van der Waals surface area (Å²) in [6, 6.07) is 8.30. The zero-order valence-electron chi connectivity index (χ0n) is 14.4. The molecule has 0 aromatic heterocycles. The maximum atomic E-state index is 12.9. The molecule has 1 aliphatic carbocycles. The number of hydrogen-bond donors (Lipinski definition) is 3. The van der Waals surface area contributed by atoms with Crippen molar-refractivity contribution < 1.29 is 27.9 Å². The normalized spacial score (nSPS) is 32.8.